The molecule has 7 nitrogen and oxygen atoms in total. The molecule has 1 aliphatic heterocycles. The highest BCUT2D eigenvalue weighted by Gasteiger charge is 2.39. The number of ether oxygens (including phenoxy) is 2. The molecule has 21 heavy (non-hydrogen) atoms. The van der Waals surface area contributed by atoms with Gasteiger partial charge in [-0.3, -0.25) is 4.79 Å². The molecule has 1 unspecified atom stereocenters. The Morgan fingerprint density at radius 2 is 2.24 bits per heavy atom. The summed E-state index contributed by atoms with van der Waals surface area (Å²) in [5.74, 6) is -0.676. The fourth-order valence-corrected chi connectivity index (χ4v) is 4.13. The van der Waals surface area contributed by atoms with E-state index in [1.165, 1.54) is 25.3 Å². The lowest BCUT2D eigenvalue weighted by molar-refractivity contribution is -0.149. The zero-order chi connectivity index (χ0) is 15.6. The summed E-state index contributed by atoms with van der Waals surface area (Å²) in [7, 11) is -2.76. The molecule has 9 heteroatoms. The van der Waals surface area contributed by atoms with Crippen LogP contribution in [0.15, 0.2) is 23.1 Å². The number of nitrogen functional groups attached to an aromatic ring is 1. The van der Waals surface area contributed by atoms with Gasteiger partial charge in [0.2, 0.25) is 10.0 Å². The van der Waals surface area contributed by atoms with E-state index in [9.17, 15) is 13.2 Å². The number of hydrogen-bond donors (Lipinski definition) is 1. The number of nitrogens with two attached hydrogens (primary N) is 1. The first-order valence-corrected chi connectivity index (χ1v) is 7.92. The molecule has 0 saturated carbocycles. The van der Waals surface area contributed by atoms with Crippen molar-refractivity contribution in [2.75, 3.05) is 32.6 Å². The highest BCUT2D eigenvalue weighted by atomic mass is 35.5. The molecule has 116 valence electrons. The normalized spacial score (nSPS) is 20.2. The summed E-state index contributed by atoms with van der Waals surface area (Å²) >= 11 is 5.96. The van der Waals surface area contributed by atoms with Crippen molar-refractivity contribution >= 4 is 33.3 Å². The topological polar surface area (TPSA) is 98.9 Å². The third-order valence-electron chi connectivity index (χ3n) is 3.10. The second-order valence-corrected chi connectivity index (χ2v) is 6.69. The zero-order valence-electron chi connectivity index (χ0n) is 11.3. The van der Waals surface area contributed by atoms with Crippen molar-refractivity contribution in [1.29, 1.82) is 0 Å². The van der Waals surface area contributed by atoms with Crippen molar-refractivity contribution in [3.8, 4) is 0 Å². The molecule has 1 aromatic rings. The van der Waals surface area contributed by atoms with Crippen LogP contribution in [0.1, 0.15) is 0 Å². The maximum Gasteiger partial charge on any atom is 0.326 e. The van der Waals surface area contributed by atoms with Crippen LogP contribution in [-0.4, -0.2) is 51.6 Å². The van der Waals surface area contributed by atoms with E-state index in [2.05, 4.69) is 4.74 Å². The van der Waals surface area contributed by atoms with Crippen LogP contribution in [0.3, 0.4) is 0 Å². The monoisotopic (exact) mass is 334 g/mol. The Morgan fingerprint density at radius 3 is 2.86 bits per heavy atom. The Balaban J connectivity index is 2.43. The van der Waals surface area contributed by atoms with Crippen LogP contribution in [0.5, 0.6) is 0 Å². The van der Waals surface area contributed by atoms with Crippen LogP contribution >= 0.6 is 11.6 Å². The van der Waals surface area contributed by atoms with Gasteiger partial charge in [-0.15, -0.1) is 0 Å². The number of esters is 1. The number of morpholine rings is 1. The van der Waals surface area contributed by atoms with Gasteiger partial charge in [-0.25, -0.2) is 8.42 Å². The van der Waals surface area contributed by atoms with Gasteiger partial charge in [0, 0.05) is 12.2 Å². The summed E-state index contributed by atoms with van der Waals surface area (Å²) < 4.78 is 36.2. The van der Waals surface area contributed by atoms with Gasteiger partial charge in [0.15, 0.2) is 0 Å². The largest absolute Gasteiger partial charge is 0.468 e. The molecule has 1 heterocycles. The number of hydrogen-bond acceptors (Lipinski definition) is 6. The molecule has 0 radical (unpaired) electrons. The van der Waals surface area contributed by atoms with Crippen molar-refractivity contribution in [2.45, 2.75) is 10.9 Å². The Morgan fingerprint density at radius 1 is 1.52 bits per heavy atom. The molecule has 0 spiro atoms. The van der Waals surface area contributed by atoms with E-state index in [-0.39, 0.29) is 29.7 Å². The molecule has 0 bridgehead atoms. The van der Waals surface area contributed by atoms with E-state index in [4.69, 9.17) is 22.1 Å². The second-order valence-electron chi connectivity index (χ2n) is 4.42. The van der Waals surface area contributed by atoms with Crippen LogP contribution in [0.25, 0.3) is 0 Å². The maximum atomic E-state index is 12.7. The first-order chi connectivity index (χ1) is 9.87. The number of halogens is 1. The third-order valence-corrected chi connectivity index (χ3v) is 5.49. The van der Waals surface area contributed by atoms with Gasteiger partial charge in [0.25, 0.3) is 0 Å². The molecule has 1 saturated heterocycles. The SMILES string of the molecule is COC(=O)C1COCCN1S(=O)(=O)c1ccc(N)cc1Cl. The van der Waals surface area contributed by atoms with E-state index in [1.54, 1.807) is 0 Å². The van der Waals surface area contributed by atoms with Gasteiger partial charge in [-0.1, -0.05) is 11.6 Å². The molecule has 0 amide bonds. The van der Waals surface area contributed by atoms with E-state index >= 15 is 0 Å². The molecule has 2 rings (SSSR count). The second kappa shape index (κ2) is 6.18. The number of benzene rings is 1. The van der Waals surface area contributed by atoms with E-state index in [1.807, 2.05) is 0 Å². The lowest BCUT2D eigenvalue weighted by Crippen LogP contribution is -2.52. The summed E-state index contributed by atoms with van der Waals surface area (Å²) in [5, 5.41) is 0.00473. The first-order valence-electron chi connectivity index (χ1n) is 6.10. The lowest BCUT2D eigenvalue weighted by Gasteiger charge is -2.32. The van der Waals surface area contributed by atoms with Crippen LogP contribution in [0, 0.1) is 0 Å². The smallest absolute Gasteiger partial charge is 0.326 e. The minimum Gasteiger partial charge on any atom is -0.468 e. The number of rotatable bonds is 3. The lowest BCUT2D eigenvalue weighted by atomic mass is 10.3. The summed E-state index contributed by atoms with van der Waals surface area (Å²) in [4.78, 5) is 11.6. The van der Waals surface area contributed by atoms with E-state index in [0.717, 1.165) is 4.31 Å². The number of carbonyl (C=O) groups is 1. The summed E-state index contributed by atoms with van der Waals surface area (Å²) in [6.07, 6.45) is 0. The average molecular weight is 335 g/mol. The van der Waals surface area contributed by atoms with Crippen molar-refractivity contribution in [3.05, 3.63) is 23.2 Å². The minimum absolute atomic E-state index is 0.00473. The van der Waals surface area contributed by atoms with Crippen molar-refractivity contribution in [3.63, 3.8) is 0 Å². The van der Waals surface area contributed by atoms with Crippen molar-refractivity contribution < 1.29 is 22.7 Å². The fraction of sp³-hybridized carbons (Fsp3) is 0.417. The Bertz CT molecular complexity index is 649. The molecule has 1 aromatic carbocycles. The number of anilines is 1. The average Bonchev–Trinajstić information content (AvgIpc) is 2.46. The maximum absolute atomic E-state index is 12.7. The van der Waals surface area contributed by atoms with Gasteiger partial charge >= 0.3 is 5.97 Å². The molecule has 2 N–H and O–H groups in total. The van der Waals surface area contributed by atoms with Gasteiger partial charge in [0.05, 0.1) is 25.3 Å². The van der Waals surface area contributed by atoms with Gasteiger partial charge < -0.3 is 15.2 Å². The quantitative estimate of drug-likeness (QED) is 0.638. The molecule has 1 aliphatic rings. The number of sulfonamides is 1. The van der Waals surface area contributed by atoms with E-state index in [0.29, 0.717) is 5.69 Å². The van der Waals surface area contributed by atoms with Crippen LogP contribution in [-0.2, 0) is 24.3 Å². The Hall–Kier alpha value is -1.35. The summed E-state index contributed by atoms with van der Waals surface area (Å²) in [6.45, 7) is 0.181. The highest BCUT2D eigenvalue weighted by Crippen LogP contribution is 2.28. The standard InChI is InChI=1S/C12H15ClN2O5S/c1-19-12(16)10-7-20-5-4-15(10)21(17,18)11-3-2-8(14)6-9(11)13/h2-3,6,10H,4-5,7,14H2,1H3. The van der Waals surface area contributed by atoms with Gasteiger partial charge in [-0.05, 0) is 18.2 Å². The van der Waals surface area contributed by atoms with Crippen LogP contribution in [0.2, 0.25) is 5.02 Å². The highest BCUT2D eigenvalue weighted by molar-refractivity contribution is 7.89. The number of carbonyl (C=O) groups excluding carboxylic acids is 1. The van der Waals surface area contributed by atoms with Crippen molar-refractivity contribution in [2.24, 2.45) is 0 Å². The fourth-order valence-electron chi connectivity index (χ4n) is 2.05. The summed E-state index contributed by atoms with van der Waals surface area (Å²) in [6, 6.07) is 3.08. The van der Waals surface area contributed by atoms with Crippen LogP contribution < -0.4 is 5.73 Å². The zero-order valence-corrected chi connectivity index (χ0v) is 12.9. The Kier molecular flexibility index (Phi) is 4.72. The summed E-state index contributed by atoms with van der Waals surface area (Å²) in [5.41, 5.74) is 5.91. The predicted octanol–water partition coefficient (Wildman–Crippen LogP) is 0.485. The van der Waals surface area contributed by atoms with Crippen molar-refractivity contribution in [1.82, 2.24) is 4.31 Å². The number of methoxy groups -OCH3 is 1. The Labute approximate surface area is 127 Å². The van der Waals surface area contributed by atoms with Gasteiger partial charge in [-0.2, -0.15) is 4.31 Å². The first kappa shape index (κ1) is 16.0. The minimum atomic E-state index is -3.95. The van der Waals surface area contributed by atoms with Crippen LogP contribution in [0.4, 0.5) is 5.69 Å². The van der Waals surface area contributed by atoms with E-state index < -0.39 is 22.0 Å². The molecular weight excluding hydrogens is 320 g/mol. The third kappa shape index (κ3) is 3.13. The molecule has 0 aromatic heterocycles. The molecule has 0 aliphatic carbocycles. The molecule has 1 fully saturated rings. The number of nitrogens with zero attached hydrogens (tertiary/aromatic N) is 1. The van der Waals surface area contributed by atoms with Gasteiger partial charge in [0.1, 0.15) is 10.9 Å². The predicted molar refractivity (Wildman–Crippen MR) is 76.4 cm³/mol. The molecular formula is C12H15ClN2O5S. The molecule has 1 atom stereocenters.